The van der Waals surface area contributed by atoms with Gasteiger partial charge in [0.1, 0.15) is 11.0 Å². The molecule has 1 aliphatic rings. The van der Waals surface area contributed by atoms with Gasteiger partial charge in [-0.1, -0.05) is 23.7 Å². The Labute approximate surface area is 139 Å². The molecule has 1 N–H and O–H groups in total. The molecule has 2 aromatic carbocycles. The van der Waals surface area contributed by atoms with Crippen LogP contribution in [0.25, 0.3) is 16.7 Å². The molecule has 1 saturated carbocycles. The van der Waals surface area contributed by atoms with Crippen molar-refractivity contribution in [2.75, 3.05) is 0 Å². The van der Waals surface area contributed by atoms with Gasteiger partial charge in [0.05, 0.1) is 11.8 Å². The predicted molar refractivity (Wildman–Crippen MR) is 91.1 cm³/mol. The molecule has 0 radical (unpaired) electrons. The van der Waals surface area contributed by atoms with Crippen LogP contribution in [0.4, 0.5) is 0 Å². The maximum absolute atomic E-state index is 9.63. The number of hydrogen-bond acceptors (Lipinski definition) is 3. The van der Waals surface area contributed by atoms with E-state index in [4.69, 9.17) is 11.6 Å². The zero-order valence-electron chi connectivity index (χ0n) is 12.7. The molecule has 4 rings (SSSR count). The first-order chi connectivity index (χ1) is 11.2. The van der Waals surface area contributed by atoms with Crippen molar-refractivity contribution in [1.82, 2.24) is 15.0 Å². The molecule has 0 atom stereocenters. The lowest BCUT2D eigenvalue weighted by Gasteiger charge is -2.25. The van der Waals surface area contributed by atoms with Crippen LogP contribution in [0.2, 0.25) is 5.02 Å². The quantitative estimate of drug-likeness (QED) is 0.771. The zero-order valence-corrected chi connectivity index (χ0v) is 13.4. The molecule has 3 aromatic rings. The summed E-state index contributed by atoms with van der Waals surface area (Å²) in [5.74, 6) is 0.552. The summed E-state index contributed by atoms with van der Waals surface area (Å²) >= 11 is 6.00. The highest BCUT2D eigenvalue weighted by atomic mass is 35.5. The van der Waals surface area contributed by atoms with Gasteiger partial charge < -0.3 is 5.11 Å². The molecular weight excluding hydrogens is 310 g/mol. The first-order valence-corrected chi connectivity index (χ1v) is 8.38. The van der Waals surface area contributed by atoms with Crippen molar-refractivity contribution >= 4 is 22.6 Å². The molecule has 0 aliphatic heterocycles. The number of benzene rings is 2. The van der Waals surface area contributed by atoms with Crippen LogP contribution in [0.3, 0.4) is 0 Å². The first-order valence-electron chi connectivity index (χ1n) is 8.00. The van der Waals surface area contributed by atoms with Crippen LogP contribution in [0.5, 0.6) is 0 Å². The van der Waals surface area contributed by atoms with E-state index in [0.717, 1.165) is 42.4 Å². The summed E-state index contributed by atoms with van der Waals surface area (Å²) in [6.45, 7) is 0. The van der Waals surface area contributed by atoms with Crippen LogP contribution in [0.15, 0.2) is 42.5 Å². The second-order valence-electron chi connectivity index (χ2n) is 6.22. The lowest BCUT2D eigenvalue weighted by atomic mass is 9.83. The number of halogens is 1. The summed E-state index contributed by atoms with van der Waals surface area (Å²) in [6, 6.07) is 13.9. The highest BCUT2D eigenvalue weighted by Gasteiger charge is 2.20. The molecule has 1 aliphatic carbocycles. The largest absolute Gasteiger partial charge is 0.393 e. The van der Waals surface area contributed by atoms with Crippen LogP contribution in [0.1, 0.15) is 37.2 Å². The van der Waals surface area contributed by atoms with Crippen LogP contribution >= 0.6 is 11.6 Å². The maximum Gasteiger partial charge on any atom is 0.115 e. The highest BCUT2D eigenvalue weighted by Crippen LogP contribution is 2.33. The first kappa shape index (κ1) is 14.7. The van der Waals surface area contributed by atoms with Gasteiger partial charge in [-0.2, -0.15) is 4.80 Å². The Balaban J connectivity index is 1.59. The molecule has 1 fully saturated rings. The van der Waals surface area contributed by atoms with E-state index in [1.165, 1.54) is 5.56 Å². The second kappa shape index (κ2) is 5.95. The topological polar surface area (TPSA) is 50.9 Å². The van der Waals surface area contributed by atoms with Gasteiger partial charge in [0, 0.05) is 5.02 Å². The van der Waals surface area contributed by atoms with Crippen molar-refractivity contribution in [3.05, 3.63) is 53.1 Å². The maximum atomic E-state index is 9.63. The minimum absolute atomic E-state index is 0.113. The Kier molecular flexibility index (Phi) is 3.79. The Morgan fingerprint density at radius 3 is 2.35 bits per heavy atom. The number of aliphatic hydroxyl groups is 1. The number of nitrogens with zero attached hydrogens (tertiary/aromatic N) is 3. The Morgan fingerprint density at radius 2 is 1.61 bits per heavy atom. The van der Waals surface area contributed by atoms with Crippen molar-refractivity contribution in [2.24, 2.45) is 0 Å². The molecule has 4 nitrogen and oxygen atoms in total. The van der Waals surface area contributed by atoms with Crippen molar-refractivity contribution in [1.29, 1.82) is 0 Å². The summed E-state index contributed by atoms with van der Waals surface area (Å²) in [7, 11) is 0. The molecule has 0 amide bonds. The number of aromatic nitrogens is 3. The lowest BCUT2D eigenvalue weighted by Crippen LogP contribution is -2.16. The van der Waals surface area contributed by atoms with Gasteiger partial charge in [-0.15, -0.1) is 10.2 Å². The van der Waals surface area contributed by atoms with Gasteiger partial charge in [-0.3, -0.25) is 0 Å². The van der Waals surface area contributed by atoms with Crippen LogP contribution in [-0.2, 0) is 0 Å². The molecule has 1 aromatic heterocycles. The fourth-order valence-corrected chi connectivity index (χ4v) is 3.46. The summed E-state index contributed by atoms with van der Waals surface area (Å²) in [4.78, 5) is 1.65. The Hall–Kier alpha value is -1.91. The number of rotatable bonds is 2. The summed E-state index contributed by atoms with van der Waals surface area (Å²) in [5, 5.41) is 19.3. The van der Waals surface area contributed by atoms with Gasteiger partial charge in [0.2, 0.25) is 0 Å². The SMILES string of the molecule is OC1CCC(c2ccc(-n3nc4ccc(Cl)cc4n3)cc2)CC1. The molecule has 0 bridgehead atoms. The van der Waals surface area contributed by atoms with Crippen molar-refractivity contribution in [3.63, 3.8) is 0 Å². The smallest absolute Gasteiger partial charge is 0.115 e. The molecule has 5 heteroatoms. The van der Waals surface area contributed by atoms with Crippen molar-refractivity contribution in [2.45, 2.75) is 37.7 Å². The Bertz CT molecular complexity index is 820. The molecule has 0 saturated heterocycles. The Morgan fingerprint density at radius 1 is 0.913 bits per heavy atom. The number of hydrogen-bond donors (Lipinski definition) is 1. The molecule has 0 unspecified atom stereocenters. The monoisotopic (exact) mass is 327 g/mol. The van der Waals surface area contributed by atoms with Crippen LogP contribution < -0.4 is 0 Å². The standard InChI is InChI=1S/C18H18ClN3O/c19-14-5-10-17-18(11-14)21-22(20-17)15-6-1-12(2-7-15)13-3-8-16(23)9-4-13/h1-2,5-7,10-11,13,16,23H,3-4,8-9H2. The normalized spacial score (nSPS) is 21.7. The van der Waals surface area contributed by atoms with E-state index in [2.05, 4.69) is 34.5 Å². The molecule has 23 heavy (non-hydrogen) atoms. The van der Waals surface area contributed by atoms with E-state index in [-0.39, 0.29) is 6.10 Å². The van der Waals surface area contributed by atoms with Crippen LogP contribution in [-0.4, -0.2) is 26.2 Å². The third kappa shape index (κ3) is 2.96. The molecule has 118 valence electrons. The minimum atomic E-state index is -0.113. The summed E-state index contributed by atoms with van der Waals surface area (Å²) in [6.07, 6.45) is 3.81. The average Bonchev–Trinajstić information content (AvgIpc) is 2.99. The average molecular weight is 328 g/mol. The fourth-order valence-electron chi connectivity index (χ4n) is 3.29. The van der Waals surface area contributed by atoms with E-state index < -0.39 is 0 Å². The van der Waals surface area contributed by atoms with Gasteiger partial charge in [-0.25, -0.2) is 0 Å². The van der Waals surface area contributed by atoms with Crippen LogP contribution in [0, 0.1) is 0 Å². The molecule has 0 spiro atoms. The fraction of sp³-hybridized carbons (Fsp3) is 0.333. The number of aliphatic hydroxyl groups excluding tert-OH is 1. The van der Waals surface area contributed by atoms with E-state index in [1.54, 1.807) is 4.80 Å². The zero-order chi connectivity index (χ0) is 15.8. The van der Waals surface area contributed by atoms with Gasteiger partial charge in [-0.05, 0) is 67.5 Å². The second-order valence-corrected chi connectivity index (χ2v) is 6.66. The summed E-state index contributed by atoms with van der Waals surface area (Å²) < 4.78 is 0. The van der Waals surface area contributed by atoms with Gasteiger partial charge >= 0.3 is 0 Å². The molecule has 1 heterocycles. The highest BCUT2D eigenvalue weighted by molar-refractivity contribution is 6.31. The van der Waals surface area contributed by atoms with Gasteiger partial charge in [0.15, 0.2) is 0 Å². The van der Waals surface area contributed by atoms with E-state index >= 15 is 0 Å². The minimum Gasteiger partial charge on any atom is -0.393 e. The third-order valence-corrected chi connectivity index (χ3v) is 4.87. The summed E-state index contributed by atoms with van der Waals surface area (Å²) in [5.41, 5.74) is 3.90. The predicted octanol–water partition coefficient (Wildman–Crippen LogP) is 4.09. The molecular formula is C18H18ClN3O. The van der Waals surface area contributed by atoms with E-state index in [1.807, 2.05) is 18.2 Å². The third-order valence-electron chi connectivity index (χ3n) is 4.63. The number of fused-ring (bicyclic) bond motifs is 1. The lowest BCUT2D eigenvalue weighted by molar-refractivity contribution is 0.122. The van der Waals surface area contributed by atoms with Crippen molar-refractivity contribution in [3.8, 4) is 5.69 Å². The van der Waals surface area contributed by atoms with E-state index in [9.17, 15) is 5.11 Å². The van der Waals surface area contributed by atoms with Gasteiger partial charge in [0.25, 0.3) is 0 Å². The van der Waals surface area contributed by atoms with Crippen molar-refractivity contribution < 1.29 is 5.11 Å². The van der Waals surface area contributed by atoms with E-state index in [0.29, 0.717) is 10.9 Å².